The van der Waals surface area contributed by atoms with Crippen LogP contribution in [0.4, 0.5) is 16.3 Å². The molecule has 1 fully saturated rings. The normalized spacial score (nSPS) is 15.8. The van der Waals surface area contributed by atoms with Crippen LogP contribution >= 0.6 is 0 Å². The van der Waals surface area contributed by atoms with Crippen LogP contribution in [-0.2, 0) is 6.54 Å². The van der Waals surface area contributed by atoms with Gasteiger partial charge in [0.25, 0.3) is 0 Å². The molecule has 1 unspecified atom stereocenters. The maximum absolute atomic E-state index is 13.7. The van der Waals surface area contributed by atoms with E-state index in [0.717, 1.165) is 60.2 Å². The van der Waals surface area contributed by atoms with Crippen molar-refractivity contribution in [2.75, 3.05) is 4.90 Å². The lowest BCUT2D eigenvalue weighted by molar-refractivity contribution is 0.1000. The van der Waals surface area contributed by atoms with Crippen molar-refractivity contribution in [1.82, 2.24) is 10.3 Å². The van der Waals surface area contributed by atoms with Crippen molar-refractivity contribution >= 4 is 29.2 Å². The fourth-order valence-corrected chi connectivity index (χ4v) is 5.19. The van der Waals surface area contributed by atoms with Gasteiger partial charge in [0.2, 0.25) is 5.91 Å². The molecule has 4 aromatic rings. The van der Waals surface area contributed by atoms with Crippen molar-refractivity contribution in [1.29, 1.82) is 5.26 Å². The largest absolute Gasteiger partial charge is 0.366 e. The van der Waals surface area contributed by atoms with Crippen LogP contribution in [0.15, 0.2) is 102 Å². The van der Waals surface area contributed by atoms with E-state index >= 15 is 0 Å². The number of urea groups is 1. The number of pyridine rings is 1. The van der Waals surface area contributed by atoms with Crippen molar-refractivity contribution in [2.45, 2.75) is 44.7 Å². The van der Waals surface area contributed by atoms with E-state index in [1.54, 1.807) is 24.3 Å². The van der Waals surface area contributed by atoms with Gasteiger partial charge in [-0.15, -0.1) is 0 Å². The Balaban J connectivity index is 1.36. The molecular weight excluding hydrogens is 524 g/mol. The summed E-state index contributed by atoms with van der Waals surface area (Å²) in [5.41, 5.74) is 11.2. The summed E-state index contributed by atoms with van der Waals surface area (Å²) in [4.78, 5) is 36.1. The summed E-state index contributed by atoms with van der Waals surface area (Å²) in [5, 5.41) is 12.1. The lowest BCUT2D eigenvalue weighted by Crippen LogP contribution is -2.46. The SMILES string of the molecule is N#Cc1ccc(N=C2CCCC(N(C(=O)NCc3ccccc3)c3ccc(-c4ccc(C(N)=O)cc4)cc3)CC2)nc1. The lowest BCUT2D eigenvalue weighted by Gasteiger charge is -2.31. The molecule has 0 aliphatic heterocycles. The smallest absolute Gasteiger partial charge is 0.322 e. The molecule has 3 amide bonds. The van der Waals surface area contributed by atoms with E-state index in [1.165, 1.54) is 6.20 Å². The highest BCUT2D eigenvalue weighted by Crippen LogP contribution is 2.30. The van der Waals surface area contributed by atoms with Crippen LogP contribution in [0.1, 0.15) is 53.6 Å². The van der Waals surface area contributed by atoms with E-state index in [0.29, 0.717) is 23.5 Å². The highest BCUT2D eigenvalue weighted by atomic mass is 16.2. The van der Waals surface area contributed by atoms with Gasteiger partial charge >= 0.3 is 6.03 Å². The first kappa shape index (κ1) is 28.2. The summed E-state index contributed by atoms with van der Waals surface area (Å²) in [6, 6.07) is 30.4. The van der Waals surface area contributed by atoms with Crippen LogP contribution in [0.2, 0.25) is 0 Å². The number of rotatable bonds is 7. The molecule has 0 radical (unpaired) electrons. The Morgan fingerprint density at radius 1 is 0.929 bits per heavy atom. The number of benzene rings is 3. The maximum atomic E-state index is 13.7. The van der Waals surface area contributed by atoms with E-state index in [2.05, 4.69) is 16.4 Å². The van der Waals surface area contributed by atoms with Crippen molar-refractivity contribution in [3.8, 4) is 17.2 Å². The molecule has 1 aromatic heterocycles. The molecule has 210 valence electrons. The van der Waals surface area contributed by atoms with Gasteiger partial charge in [-0.05, 0) is 85.2 Å². The first-order valence-corrected chi connectivity index (χ1v) is 14.0. The highest BCUT2D eigenvalue weighted by molar-refractivity contribution is 5.94. The van der Waals surface area contributed by atoms with E-state index < -0.39 is 5.91 Å². The molecule has 1 heterocycles. The van der Waals surface area contributed by atoms with Gasteiger partial charge < -0.3 is 11.1 Å². The average molecular weight is 557 g/mol. The number of hydrogen-bond acceptors (Lipinski definition) is 5. The minimum absolute atomic E-state index is 0.0110. The van der Waals surface area contributed by atoms with Gasteiger partial charge in [-0.1, -0.05) is 54.6 Å². The molecule has 0 spiro atoms. The number of aromatic nitrogens is 1. The molecule has 1 atom stereocenters. The standard InChI is InChI=1S/C34H32N6O2/c35-21-25-9-20-32(37-23-25)39-29-7-4-8-30(19-16-29)40(34(42)38-22-24-5-2-1-3-6-24)31-17-14-27(15-18-31)26-10-12-28(13-11-26)33(36)41/h1-3,5-6,9-15,17-18,20,23,30H,4,7-8,16,19,22H2,(H2,36,41)(H,38,42). The average Bonchev–Trinajstić information content (AvgIpc) is 3.26. The Morgan fingerprint density at radius 3 is 2.29 bits per heavy atom. The summed E-state index contributed by atoms with van der Waals surface area (Å²) >= 11 is 0. The summed E-state index contributed by atoms with van der Waals surface area (Å²) < 4.78 is 0. The summed E-state index contributed by atoms with van der Waals surface area (Å²) in [6.45, 7) is 0.435. The van der Waals surface area contributed by atoms with Crippen LogP contribution in [-0.4, -0.2) is 28.7 Å². The minimum Gasteiger partial charge on any atom is -0.366 e. The van der Waals surface area contributed by atoms with Crippen LogP contribution in [0.25, 0.3) is 11.1 Å². The molecule has 5 rings (SSSR count). The number of nitrogens with one attached hydrogen (secondary N) is 1. The van der Waals surface area contributed by atoms with Gasteiger partial charge in [-0.2, -0.15) is 5.26 Å². The van der Waals surface area contributed by atoms with Gasteiger partial charge in [0.05, 0.1) is 5.56 Å². The number of anilines is 1. The molecule has 42 heavy (non-hydrogen) atoms. The van der Waals surface area contributed by atoms with Gasteiger partial charge in [0.15, 0.2) is 5.82 Å². The summed E-state index contributed by atoms with van der Waals surface area (Å²) in [7, 11) is 0. The molecule has 0 bridgehead atoms. The number of nitrogens with two attached hydrogens (primary N) is 1. The van der Waals surface area contributed by atoms with Crippen molar-refractivity contribution < 1.29 is 9.59 Å². The number of aliphatic imine (C=N–C) groups is 1. The molecule has 3 N–H and O–H groups in total. The second-order valence-corrected chi connectivity index (χ2v) is 10.3. The third kappa shape index (κ3) is 7.07. The Kier molecular flexibility index (Phi) is 9.00. The number of hydrogen-bond donors (Lipinski definition) is 2. The summed E-state index contributed by atoms with van der Waals surface area (Å²) in [6.07, 6.45) is 5.62. The van der Waals surface area contributed by atoms with Gasteiger partial charge in [0.1, 0.15) is 6.07 Å². The van der Waals surface area contributed by atoms with Crippen molar-refractivity contribution in [3.05, 3.63) is 114 Å². The lowest BCUT2D eigenvalue weighted by atomic mass is 10.0. The molecule has 0 saturated heterocycles. The second-order valence-electron chi connectivity index (χ2n) is 10.3. The third-order valence-electron chi connectivity index (χ3n) is 7.44. The quantitative estimate of drug-likeness (QED) is 0.251. The fourth-order valence-electron chi connectivity index (χ4n) is 5.19. The predicted molar refractivity (Wildman–Crippen MR) is 164 cm³/mol. The third-order valence-corrected chi connectivity index (χ3v) is 7.44. The van der Waals surface area contributed by atoms with Gasteiger partial charge in [-0.3, -0.25) is 9.69 Å². The van der Waals surface area contributed by atoms with Crippen LogP contribution in [0.5, 0.6) is 0 Å². The molecule has 1 aliphatic carbocycles. The second kappa shape index (κ2) is 13.4. The Hall–Kier alpha value is -5.29. The minimum atomic E-state index is -0.459. The van der Waals surface area contributed by atoms with Gasteiger partial charge in [0, 0.05) is 35.7 Å². The number of amides is 3. The summed E-state index contributed by atoms with van der Waals surface area (Å²) in [5.74, 6) is 0.137. The number of nitrogens with zero attached hydrogens (tertiary/aromatic N) is 4. The van der Waals surface area contributed by atoms with E-state index in [1.807, 2.05) is 71.6 Å². The molecule has 8 nitrogen and oxygen atoms in total. The number of carbonyl (C=O) groups is 2. The Labute approximate surface area is 245 Å². The topological polar surface area (TPSA) is 124 Å². The zero-order valence-electron chi connectivity index (χ0n) is 23.2. The zero-order valence-corrected chi connectivity index (χ0v) is 23.2. The van der Waals surface area contributed by atoms with Gasteiger partial charge in [-0.25, -0.2) is 14.8 Å². The Morgan fingerprint density at radius 2 is 1.64 bits per heavy atom. The number of carbonyl (C=O) groups excluding carboxylic acids is 2. The fraction of sp³-hybridized carbons (Fsp3) is 0.206. The highest BCUT2D eigenvalue weighted by Gasteiger charge is 2.27. The van der Waals surface area contributed by atoms with Crippen LogP contribution in [0.3, 0.4) is 0 Å². The molecule has 1 saturated carbocycles. The van der Waals surface area contributed by atoms with E-state index in [-0.39, 0.29) is 12.1 Å². The maximum Gasteiger partial charge on any atom is 0.322 e. The predicted octanol–water partition coefficient (Wildman–Crippen LogP) is 6.54. The number of primary amides is 1. The Bertz CT molecular complexity index is 1590. The molecular formula is C34H32N6O2. The van der Waals surface area contributed by atoms with Crippen molar-refractivity contribution in [2.24, 2.45) is 10.7 Å². The molecule has 3 aromatic carbocycles. The van der Waals surface area contributed by atoms with Crippen molar-refractivity contribution in [3.63, 3.8) is 0 Å². The first-order chi connectivity index (χ1) is 20.5. The molecule has 1 aliphatic rings. The van der Waals surface area contributed by atoms with E-state index in [4.69, 9.17) is 16.0 Å². The zero-order chi connectivity index (χ0) is 29.3. The first-order valence-electron chi connectivity index (χ1n) is 14.0. The molecule has 8 heteroatoms. The number of nitriles is 1. The van der Waals surface area contributed by atoms with Crippen LogP contribution in [0, 0.1) is 11.3 Å². The van der Waals surface area contributed by atoms with E-state index in [9.17, 15) is 9.59 Å². The monoisotopic (exact) mass is 556 g/mol. The van der Waals surface area contributed by atoms with Crippen LogP contribution < -0.4 is 16.0 Å².